The second-order valence-corrected chi connectivity index (χ2v) is 8.15. The third-order valence-electron chi connectivity index (χ3n) is 5.30. The number of carbonyl (C=O) groups excluding carboxylic acids is 1. The molecule has 6 heteroatoms. The van der Waals surface area contributed by atoms with Gasteiger partial charge in [0.25, 0.3) is 5.91 Å². The van der Waals surface area contributed by atoms with E-state index in [1.807, 2.05) is 24.5 Å². The number of amides is 1. The van der Waals surface area contributed by atoms with Gasteiger partial charge in [0.2, 0.25) is 0 Å². The quantitative estimate of drug-likeness (QED) is 0.739. The van der Waals surface area contributed by atoms with E-state index in [9.17, 15) is 10.1 Å². The zero-order valence-electron chi connectivity index (χ0n) is 13.1. The summed E-state index contributed by atoms with van der Waals surface area (Å²) in [6.45, 7) is 0. The third-order valence-corrected chi connectivity index (χ3v) is 6.22. The molecule has 23 heavy (non-hydrogen) atoms. The van der Waals surface area contributed by atoms with Crippen molar-refractivity contribution < 1.29 is 4.79 Å². The van der Waals surface area contributed by atoms with Crippen molar-refractivity contribution in [2.75, 3.05) is 11.0 Å². The summed E-state index contributed by atoms with van der Waals surface area (Å²) >= 11 is 4.92. The number of rotatable bonds is 4. The molecule has 3 saturated carbocycles. The molecular weight excluding hydrogens is 374 g/mol. The average molecular weight is 394 g/mol. The Bertz CT molecular complexity index is 646. The fraction of sp³-hybridized carbons (Fsp3) is 0.529. The van der Waals surface area contributed by atoms with Crippen molar-refractivity contribution in [3.8, 4) is 6.07 Å². The summed E-state index contributed by atoms with van der Waals surface area (Å²) in [5.74, 6) is -0.0274. The van der Waals surface area contributed by atoms with Crippen LogP contribution in [0.3, 0.4) is 0 Å². The summed E-state index contributed by atoms with van der Waals surface area (Å²) < 4.78 is 4.12. The van der Waals surface area contributed by atoms with Crippen LogP contribution in [0.4, 0.5) is 5.69 Å². The van der Waals surface area contributed by atoms with Crippen molar-refractivity contribution in [1.82, 2.24) is 5.32 Å². The summed E-state index contributed by atoms with van der Waals surface area (Å²) in [4.78, 5) is 12.8. The largest absolute Gasteiger partial charge is 0.347 e. The number of anilines is 1. The Balaban J connectivity index is 1.77. The van der Waals surface area contributed by atoms with Crippen LogP contribution < -0.4 is 10.0 Å². The monoisotopic (exact) mass is 393 g/mol. The normalized spacial score (nSPS) is 28.9. The molecule has 4 rings (SSSR count). The molecule has 0 aliphatic heterocycles. The van der Waals surface area contributed by atoms with Crippen LogP contribution in [0, 0.1) is 16.7 Å². The van der Waals surface area contributed by atoms with Crippen LogP contribution >= 0.6 is 27.9 Å². The topological polar surface area (TPSA) is 64.9 Å². The molecule has 1 aromatic rings. The van der Waals surface area contributed by atoms with Gasteiger partial charge in [-0.05, 0) is 56.7 Å². The van der Waals surface area contributed by atoms with Gasteiger partial charge in [0.05, 0.1) is 22.7 Å². The highest BCUT2D eigenvalue weighted by Gasteiger charge is 2.49. The average Bonchev–Trinajstić information content (AvgIpc) is 2.57. The van der Waals surface area contributed by atoms with Crippen LogP contribution in [0.15, 0.2) is 22.7 Å². The molecule has 0 unspecified atom stereocenters. The molecule has 2 bridgehead atoms. The molecule has 3 aliphatic carbocycles. The lowest BCUT2D eigenvalue weighted by atomic mass is 9.58. The van der Waals surface area contributed by atoms with Gasteiger partial charge in [-0.25, -0.2) is 0 Å². The van der Waals surface area contributed by atoms with Crippen LogP contribution in [-0.2, 0) is 0 Å². The molecular formula is C17H20BrN3OS. The van der Waals surface area contributed by atoms with Crippen molar-refractivity contribution in [3.63, 3.8) is 0 Å². The van der Waals surface area contributed by atoms with Crippen LogP contribution in [-0.4, -0.2) is 17.7 Å². The highest BCUT2D eigenvalue weighted by molar-refractivity contribution is 9.10. The van der Waals surface area contributed by atoms with E-state index in [2.05, 4.69) is 32.0 Å². The second kappa shape index (κ2) is 6.37. The van der Waals surface area contributed by atoms with Crippen molar-refractivity contribution in [2.24, 2.45) is 5.41 Å². The number of carbonyl (C=O) groups is 1. The molecule has 122 valence electrons. The lowest BCUT2D eigenvalue weighted by molar-refractivity contribution is 0.0522. The predicted octanol–water partition coefficient (Wildman–Crippen LogP) is 4.49. The fourth-order valence-corrected chi connectivity index (χ4v) is 4.51. The van der Waals surface area contributed by atoms with Gasteiger partial charge in [-0.15, -0.1) is 0 Å². The van der Waals surface area contributed by atoms with Crippen LogP contribution in [0.5, 0.6) is 0 Å². The lowest BCUT2D eigenvalue weighted by Gasteiger charge is -2.50. The molecule has 1 aromatic carbocycles. The first-order chi connectivity index (χ1) is 11.0. The van der Waals surface area contributed by atoms with Crippen LogP contribution in [0.1, 0.15) is 48.9 Å². The zero-order valence-corrected chi connectivity index (χ0v) is 15.5. The fourth-order valence-electron chi connectivity index (χ4n) is 3.76. The SMILES string of the molecule is CSNc1cc(Br)ccc1C(=O)NC12CCC(C#N)(CC1)CC2. The lowest BCUT2D eigenvalue weighted by Crippen LogP contribution is -2.56. The van der Waals surface area contributed by atoms with Gasteiger partial charge < -0.3 is 10.0 Å². The summed E-state index contributed by atoms with van der Waals surface area (Å²) in [6.07, 6.45) is 7.38. The summed E-state index contributed by atoms with van der Waals surface area (Å²) in [5, 5.41) is 12.7. The third kappa shape index (κ3) is 3.22. The standard InChI is InChI=1S/C17H20BrN3OS/c1-23-21-14-10-12(18)2-3-13(14)15(22)20-17-7-4-16(11-19,5-8-17)6-9-17/h2-3,10,21H,4-9H2,1H3,(H,20,22). The van der Waals surface area contributed by atoms with Gasteiger partial charge in [-0.2, -0.15) is 5.26 Å². The van der Waals surface area contributed by atoms with E-state index >= 15 is 0 Å². The summed E-state index contributed by atoms with van der Waals surface area (Å²) in [5.41, 5.74) is 1.23. The maximum atomic E-state index is 12.8. The molecule has 0 heterocycles. The van der Waals surface area contributed by atoms with E-state index in [-0.39, 0.29) is 16.9 Å². The number of benzene rings is 1. The van der Waals surface area contributed by atoms with Gasteiger partial charge in [0.1, 0.15) is 0 Å². The highest BCUT2D eigenvalue weighted by atomic mass is 79.9. The Morgan fingerprint density at radius 1 is 1.26 bits per heavy atom. The van der Waals surface area contributed by atoms with E-state index in [0.717, 1.165) is 48.7 Å². The molecule has 2 N–H and O–H groups in total. The van der Waals surface area contributed by atoms with E-state index in [1.165, 1.54) is 11.9 Å². The Labute approximate surface area is 149 Å². The highest BCUT2D eigenvalue weighted by Crippen LogP contribution is 2.52. The molecule has 0 spiro atoms. The van der Waals surface area contributed by atoms with E-state index in [0.29, 0.717) is 5.56 Å². The van der Waals surface area contributed by atoms with Gasteiger partial charge in [-0.3, -0.25) is 4.79 Å². The minimum Gasteiger partial charge on any atom is -0.347 e. The second-order valence-electron chi connectivity index (χ2n) is 6.62. The molecule has 0 saturated heterocycles. The first kappa shape index (κ1) is 16.7. The molecule has 4 nitrogen and oxygen atoms in total. The Hall–Kier alpha value is -1.19. The first-order valence-electron chi connectivity index (χ1n) is 7.84. The molecule has 0 radical (unpaired) electrons. The molecule has 0 aromatic heterocycles. The van der Waals surface area contributed by atoms with Gasteiger partial charge >= 0.3 is 0 Å². The van der Waals surface area contributed by atoms with E-state index in [1.54, 1.807) is 0 Å². The molecule has 3 fully saturated rings. The minimum atomic E-state index is -0.129. The number of nitrogens with one attached hydrogen (secondary N) is 2. The number of nitrogens with zero attached hydrogens (tertiary/aromatic N) is 1. The van der Waals surface area contributed by atoms with Crippen molar-refractivity contribution in [3.05, 3.63) is 28.2 Å². The predicted molar refractivity (Wildman–Crippen MR) is 97.2 cm³/mol. The number of halogens is 1. The molecule has 3 aliphatic rings. The zero-order chi connectivity index (χ0) is 16.5. The Morgan fingerprint density at radius 3 is 2.48 bits per heavy atom. The van der Waals surface area contributed by atoms with Crippen molar-refractivity contribution in [2.45, 2.75) is 44.1 Å². The summed E-state index contributed by atoms with van der Waals surface area (Å²) in [7, 11) is 0. The van der Waals surface area contributed by atoms with Crippen molar-refractivity contribution >= 4 is 39.5 Å². The minimum absolute atomic E-state index is 0.0274. The number of hydrogen-bond donors (Lipinski definition) is 2. The maximum Gasteiger partial charge on any atom is 0.253 e. The van der Waals surface area contributed by atoms with Gasteiger partial charge in [-0.1, -0.05) is 27.9 Å². The summed E-state index contributed by atoms with van der Waals surface area (Å²) in [6, 6.07) is 8.17. The molecule has 1 amide bonds. The number of nitriles is 1. The van der Waals surface area contributed by atoms with Crippen molar-refractivity contribution in [1.29, 1.82) is 5.26 Å². The Morgan fingerprint density at radius 2 is 1.91 bits per heavy atom. The van der Waals surface area contributed by atoms with Crippen LogP contribution in [0.25, 0.3) is 0 Å². The molecule has 0 atom stereocenters. The smallest absolute Gasteiger partial charge is 0.253 e. The number of hydrogen-bond acceptors (Lipinski definition) is 4. The van der Waals surface area contributed by atoms with Gasteiger partial charge in [0.15, 0.2) is 0 Å². The maximum absolute atomic E-state index is 12.8. The number of fused-ring (bicyclic) bond motifs is 3. The first-order valence-corrected chi connectivity index (χ1v) is 9.86. The van der Waals surface area contributed by atoms with Gasteiger partial charge in [0, 0.05) is 16.3 Å². The Kier molecular flexibility index (Phi) is 4.61. The van der Waals surface area contributed by atoms with E-state index < -0.39 is 0 Å². The van der Waals surface area contributed by atoms with Crippen LogP contribution in [0.2, 0.25) is 0 Å². The van der Waals surface area contributed by atoms with E-state index in [4.69, 9.17) is 0 Å².